The van der Waals surface area contributed by atoms with Crippen molar-refractivity contribution in [3.8, 4) is 0 Å². The summed E-state index contributed by atoms with van der Waals surface area (Å²) in [4.78, 5) is 16.7. The molecular formula is C30H36N2O. The SMILES string of the molecule is CC(=O)N1CCCCC1CCCN1CCC(=C2c3ccccc3C=Cc3ccccc32)CC1. The van der Waals surface area contributed by atoms with Gasteiger partial charge in [-0.1, -0.05) is 66.3 Å². The Morgan fingerprint density at radius 2 is 1.52 bits per heavy atom. The van der Waals surface area contributed by atoms with Crippen LogP contribution in [-0.4, -0.2) is 47.9 Å². The minimum atomic E-state index is 0.257. The predicted octanol–water partition coefficient (Wildman–Crippen LogP) is 6.25. The number of carbonyl (C=O) groups excluding carboxylic acids is 1. The molecule has 0 aromatic heterocycles. The van der Waals surface area contributed by atoms with E-state index < -0.39 is 0 Å². The average molecular weight is 441 g/mol. The molecule has 2 fully saturated rings. The van der Waals surface area contributed by atoms with Crippen molar-refractivity contribution in [3.63, 3.8) is 0 Å². The second-order valence-corrected chi connectivity index (χ2v) is 9.83. The molecule has 1 unspecified atom stereocenters. The second kappa shape index (κ2) is 10.1. The Morgan fingerprint density at radius 1 is 0.879 bits per heavy atom. The number of fused-ring (bicyclic) bond motifs is 2. The molecule has 2 aliphatic heterocycles. The average Bonchev–Trinajstić information content (AvgIpc) is 3.02. The lowest BCUT2D eigenvalue weighted by Gasteiger charge is -2.36. The molecule has 1 amide bonds. The van der Waals surface area contributed by atoms with Crippen LogP contribution in [0.5, 0.6) is 0 Å². The number of piperidine rings is 2. The zero-order valence-corrected chi connectivity index (χ0v) is 19.9. The molecule has 172 valence electrons. The first-order valence-electron chi connectivity index (χ1n) is 12.8. The molecule has 1 aliphatic carbocycles. The summed E-state index contributed by atoms with van der Waals surface area (Å²) in [5, 5.41) is 0. The topological polar surface area (TPSA) is 23.6 Å². The first-order chi connectivity index (χ1) is 16.2. The quantitative estimate of drug-likeness (QED) is 0.479. The first kappa shape index (κ1) is 22.2. The number of rotatable bonds is 4. The Balaban J connectivity index is 1.27. The molecule has 3 nitrogen and oxygen atoms in total. The van der Waals surface area contributed by atoms with E-state index in [1.165, 1.54) is 53.5 Å². The molecule has 0 N–H and O–H groups in total. The highest BCUT2D eigenvalue weighted by molar-refractivity contribution is 5.94. The number of amides is 1. The molecule has 0 spiro atoms. The van der Waals surface area contributed by atoms with Gasteiger partial charge in [-0.25, -0.2) is 0 Å². The number of carbonyl (C=O) groups is 1. The minimum Gasteiger partial charge on any atom is -0.340 e. The Bertz CT molecular complexity index is 1000. The highest BCUT2D eigenvalue weighted by atomic mass is 16.2. The van der Waals surface area contributed by atoms with E-state index >= 15 is 0 Å². The van der Waals surface area contributed by atoms with E-state index in [9.17, 15) is 4.79 Å². The van der Waals surface area contributed by atoms with Gasteiger partial charge in [0.2, 0.25) is 5.91 Å². The van der Waals surface area contributed by atoms with E-state index in [0.717, 1.165) is 45.4 Å². The van der Waals surface area contributed by atoms with Crippen LogP contribution in [0.25, 0.3) is 17.7 Å². The van der Waals surface area contributed by atoms with Crippen LogP contribution in [0.3, 0.4) is 0 Å². The van der Waals surface area contributed by atoms with E-state index in [4.69, 9.17) is 0 Å². The van der Waals surface area contributed by atoms with Gasteiger partial charge in [-0.2, -0.15) is 0 Å². The zero-order valence-electron chi connectivity index (χ0n) is 19.9. The van der Waals surface area contributed by atoms with E-state index in [0.29, 0.717) is 6.04 Å². The van der Waals surface area contributed by atoms with E-state index in [1.807, 2.05) is 0 Å². The Labute approximate surface area is 198 Å². The van der Waals surface area contributed by atoms with E-state index in [2.05, 4.69) is 70.5 Å². The third-order valence-corrected chi connectivity index (χ3v) is 7.76. The van der Waals surface area contributed by atoms with Gasteiger partial charge in [0.05, 0.1) is 0 Å². The van der Waals surface area contributed by atoms with E-state index in [-0.39, 0.29) is 5.91 Å². The lowest BCUT2D eigenvalue weighted by atomic mass is 9.86. The van der Waals surface area contributed by atoms with Gasteiger partial charge in [0.1, 0.15) is 0 Å². The molecule has 2 aromatic carbocycles. The largest absolute Gasteiger partial charge is 0.340 e. The Kier molecular flexibility index (Phi) is 6.78. The van der Waals surface area contributed by atoms with Gasteiger partial charge in [0.15, 0.2) is 0 Å². The number of benzene rings is 2. The third kappa shape index (κ3) is 4.84. The molecule has 5 rings (SSSR count). The van der Waals surface area contributed by atoms with Crippen LogP contribution in [0.15, 0.2) is 54.1 Å². The summed E-state index contributed by atoms with van der Waals surface area (Å²) in [5.74, 6) is 0.257. The van der Waals surface area contributed by atoms with Crippen molar-refractivity contribution in [2.75, 3.05) is 26.2 Å². The van der Waals surface area contributed by atoms with Crippen LogP contribution in [0.1, 0.15) is 74.1 Å². The molecule has 0 saturated carbocycles. The lowest BCUT2D eigenvalue weighted by molar-refractivity contribution is -0.132. The van der Waals surface area contributed by atoms with Gasteiger partial charge in [0.25, 0.3) is 0 Å². The normalized spacial score (nSPS) is 20.9. The van der Waals surface area contributed by atoms with Gasteiger partial charge < -0.3 is 9.80 Å². The van der Waals surface area contributed by atoms with Crippen LogP contribution in [0.2, 0.25) is 0 Å². The van der Waals surface area contributed by atoms with Crippen LogP contribution in [0.4, 0.5) is 0 Å². The fourth-order valence-electron chi connectivity index (χ4n) is 6.01. The first-order valence-corrected chi connectivity index (χ1v) is 12.8. The second-order valence-electron chi connectivity index (χ2n) is 9.83. The van der Waals surface area contributed by atoms with Crippen LogP contribution in [-0.2, 0) is 4.79 Å². The molecule has 0 radical (unpaired) electrons. The lowest BCUT2D eigenvalue weighted by Crippen LogP contribution is -2.43. The van der Waals surface area contributed by atoms with Gasteiger partial charge in [-0.15, -0.1) is 0 Å². The highest BCUT2D eigenvalue weighted by Crippen LogP contribution is 2.38. The summed E-state index contributed by atoms with van der Waals surface area (Å²) >= 11 is 0. The van der Waals surface area contributed by atoms with Crippen molar-refractivity contribution in [1.82, 2.24) is 9.80 Å². The third-order valence-electron chi connectivity index (χ3n) is 7.76. The smallest absolute Gasteiger partial charge is 0.219 e. The maximum atomic E-state index is 12.0. The Morgan fingerprint density at radius 3 is 2.15 bits per heavy atom. The number of hydrogen-bond donors (Lipinski definition) is 0. The number of nitrogens with zero attached hydrogens (tertiary/aromatic N) is 2. The molecular weight excluding hydrogens is 404 g/mol. The van der Waals surface area contributed by atoms with Gasteiger partial charge in [0, 0.05) is 32.6 Å². The van der Waals surface area contributed by atoms with Crippen LogP contribution >= 0.6 is 0 Å². The molecule has 2 heterocycles. The summed E-state index contributed by atoms with van der Waals surface area (Å²) in [5.41, 5.74) is 8.46. The molecule has 0 bridgehead atoms. The van der Waals surface area contributed by atoms with Crippen molar-refractivity contribution in [2.45, 2.75) is 57.9 Å². The minimum absolute atomic E-state index is 0.257. The Hall–Kier alpha value is -2.65. The van der Waals surface area contributed by atoms with Crippen molar-refractivity contribution in [2.24, 2.45) is 0 Å². The molecule has 3 aliphatic rings. The fourth-order valence-corrected chi connectivity index (χ4v) is 6.01. The summed E-state index contributed by atoms with van der Waals surface area (Å²) in [7, 11) is 0. The summed E-state index contributed by atoms with van der Waals surface area (Å²) in [6.07, 6.45) is 12.8. The molecule has 2 aromatic rings. The standard InChI is InChI=1S/C30H36N2O/c1-23(33)32-20-7-6-11-27(32)12-8-19-31-21-17-26(18-22-31)30-28-13-4-2-9-24(28)15-16-25-10-3-5-14-29(25)30/h2-5,9-10,13-16,27H,6-8,11-12,17-22H2,1H3. The summed E-state index contributed by atoms with van der Waals surface area (Å²) < 4.78 is 0. The zero-order chi connectivity index (χ0) is 22.6. The van der Waals surface area contributed by atoms with Crippen molar-refractivity contribution >= 4 is 23.6 Å². The van der Waals surface area contributed by atoms with Crippen molar-refractivity contribution in [1.29, 1.82) is 0 Å². The fraction of sp³-hybridized carbons (Fsp3) is 0.433. The van der Waals surface area contributed by atoms with Gasteiger partial charge in [-0.05, 0) is 79.3 Å². The summed E-state index contributed by atoms with van der Waals surface area (Å²) in [6, 6.07) is 18.2. The van der Waals surface area contributed by atoms with E-state index in [1.54, 1.807) is 12.5 Å². The van der Waals surface area contributed by atoms with Crippen molar-refractivity contribution in [3.05, 3.63) is 76.4 Å². The molecule has 33 heavy (non-hydrogen) atoms. The summed E-state index contributed by atoms with van der Waals surface area (Å²) in [6.45, 7) is 6.12. The maximum Gasteiger partial charge on any atom is 0.219 e. The van der Waals surface area contributed by atoms with Gasteiger partial charge in [-0.3, -0.25) is 4.79 Å². The highest BCUT2D eigenvalue weighted by Gasteiger charge is 2.25. The van der Waals surface area contributed by atoms with Crippen molar-refractivity contribution < 1.29 is 4.79 Å². The molecule has 2 saturated heterocycles. The molecule has 3 heteroatoms. The number of likely N-dealkylation sites (tertiary alicyclic amines) is 2. The number of hydrogen-bond acceptors (Lipinski definition) is 2. The monoisotopic (exact) mass is 440 g/mol. The maximum absolute atomic E-state index is 12.0. The molecule has 1 atom stereocenters. The van der Waals surface area contributed by atoms with Crippen LogP contribution < -0.4 is 0 Å². The predicted molar refractivity (Wildman–Crippen MR) is 138 cm³/mol. The van der Waals surface area contributed by atoms with Gasteiger partial charge >= 0.3 is 0 Å². The van der Waals surface area contributed by atoms with Crippen LogP contribution in [0, 0.1) is 0 Å².